The van der Waals surface area contributed by atoms with Crippen LogP contribution in [0.2, 0.25) is 0 Å². The highest BCUT2D eigenvalue weighted by atomic mass is 19.1. The second-order valence-corrected chi connectivity index (χ2v) is 7.93. The van der Waals surface area contributed by atoms with Gasteiger partial charge in [-0.2, -0.15) is 4.98 Å². The number of aromatic nitrogens is 2. The Hall–Kier alpha value is -3.88. The summed E-state index contributed by atoms with van der Waals surface area (Å²) < 4.78 is 30.0. The SMILES string of the molecule is CCCCN1C(=O)NC(c2ccc(F)cc2)C(c2nc(-c3ccc4c(c3)OCO4)no2)=C1C. The number of fused-ring (bicyclic) bond motifs is 1. The normalized spacial score (nSPS) is 17.5. The molecule has 8 nitrogen and oxygen atoms in total. The summed E-state index contributed by atoms with van der Waals surface area (Å²) in [4.78, 5) is 19.2. The number of carbonyl (C=O) groups is 1. The van der Waals surface area contributed by atoms with E-state index >= 15 is 0 Å². The average Bonchev–Trinajstić information content (AvgIpc) is 3.48. The molecule has 0 saturated heterocycles. The van der Waals surface area contributed by atoms with Crippen LogP contribution in [0.5, 0.6) is 11.5 Å². The second kappa shape index (κ2) is 8.57. The van der Waals surface area contributed by atoms with Gasteiger partial charge in [0.2, 0.25) is 12.6 Å². The first kappa shape index (κ1) is 21.0. The Morgan fingerprint density at radius 2 is 1.94 bits per heavy atom. The predicted octanol–water partition coefficient (Wildman–Crippen LogP) is 4.90. The van der Waals surface area contributed by atoms with Crippen LogP contribution in [0.15, 0.2) is 52.7 Å². The maximum Gasteiger partial charge on any atom is 0.322 e. The predicted molar refractivity (Wildman–Crippen MR) is 118 cm³/mol. The smallest absolute Gasteiger partial charge is 0.322 e. The molecule has 1 unspecified atom stereocenters. The van der Waals surface area contributed by atoms with Gasteiger partial charge in [0.15, 0.2) is 11.5 Å². The van der Waals surface area contributed by atoms with Crippen LogP contribution in [-0.4, -0.2) is 34.4 Å². The molecule has 2 amide bonds. The molecular formula is C24H23FN4O4. The summed E-state index contributed by atoms with van der Waals surface area (Å²) in [6.07, 6.45) is 1.80. The quantitative estimate of drug-likeness (QED) is 0.574. The number of halogens is 1. The van der Waals surface area contributed by atoms with Crippen LogP contribution in [0.25, 0.3) is 17.0 Å². The van der Waals surface area contributed by atoms with E-state index in [0.717, 1.165) is 24.1 Å². The van der Waals surface area contributed by atoms with Crippen LogP contribution in [-0.2, 0) is 0 Å². The Morgan fingerprint density at radius 1 is 1.15 bits per heavy atom. The van der Waals surface area contributed by atoms with Gasteiger partial charge in [0, 0.05) is 17.8 Å². The van der Waals surface area contributed by atoms with Gasteiger partial charge in [0.25, 0.3) is 5.89 Å². The molecule has 0 fully saturated rings. The number of rotatable bonds is 6. The van der Waals surface area contributed by atoms with Crippen molar-refractivity contribution in [1.82, 2.24) is 20.4 Å². The van der Waals surface area contributed by atoms with E-state index in [-0.39, 0.29) is 24.5 Å². The Kier molecular flexibility index (Phi) is 5.45. The molecule has 0 spiro atoms. The van der Waals surface area contributed by atoms with Gasteiger partial charge in [0.05, 0.1) is 11.6 Å². The highest BCUT2D eigenvalue weighted by Gasteiger charge is 2.35. The minimum atomic E-state index is -0.555. The maximum atomic E-state index is 13.5. The van der Waals surface area contributed by atoms with Gasteiger partial charge in [-0.25, -0.2) is 9.18 Å². The summed E-state index contributed by atoms with van der Waals surface area (Å²) in [6, 6.07) is 10.7. The van der Waals surface area contributed by atoms with E-state index in [1.807, 2.05) is 13.0 Å². The van der Waals surface area contributed by atoms with Gasteiger partial charge >= 0.3 is 6.03 Å². The lowest BCUT2D eigenvalue weighted by atomic mass is 9.94. The average molecular weight is 450 g/mol. The molecule has 0 radical (unpaired) electrons. The van der Waals surface area contributed by atoms with Crippen molar-refractivity contribution in [3.05, 3.63) is 65.4 Å². The van der Waals surface area contributed by atoms with Gasteiger partial charge in [-0.15, -0.1) is 0 Å². The number of unbranched alkanes of at least 4 members (excludes halogenated alkanes) is 1. The number of nitrogens with one attached hydrogen (secondary N) is 1. The third-order valence-electron chi connectivity index (χ3n) is 5.82. The molecule has 2 aliphatic heterocycles. The summed E-state index contributed by atoms with van der Waals surface area (Å²) in [5, 5.41) is 7.18. The van der Waals surface area contributed by atoms with Gasteiger partial charge in [0.1, 0.15) is 5.82 Å². The molecule has 3 aromatic rings. The van der Waals surface area contributed by atoms with Crippen LogP contribution >= 0.6 is 0 Å². The summed E-state index contributed by atoms with van der Waals surface area (Å²) in [5.74, 6) is 1.61. The van der Waals surface area contributed by atoms with E-state index in [1.54, 1.807) is 29.2 Å². The van der Waals surface area contributed by atoms with E-state index in [1.165, 1.54) is 12.1 Å². The van der Waals surface area contributed by atoms with Crippen molar-refractivity contribution in [3.63, 3.8) is 0 Å². The summed E-state index contributed by atoms with van der Waals surface area (Å²) in [7, 11) is 0. The standard InChI is InChI=1S/C24H23FN4O4/c1-3-4-11-29-14(2)20(21(26-24(29)30)15-5-8-17(25)9-6-15)23-27-22(28-33-23)16-7-10-18-19(12-16)32-13-31-18/h5-10,12,21H,3-4,11,13H2,1-2H3,(H,26,30). The zero-order valence-corrected chi connectivity index (χ0v) is 18.3. The van der Waals surface area contributed by atoms with Crippen LogP contribution in [0.4, 0.5) is 9.18 Å². The summed E-state index contributed by atoms with van der Waals surface area (Å²) >= 11 is 0. The molecule has 5 rings (SSSR count). The Balaban J connectivity index is 1.56. The fraction of sp³-hybridized carbons (Fsp3) is 0.292. The summed E-state index contributed by atoms with van der Waals surface area (Å²) in [5.41, 5.74) is 2.84. The van der Waals surface area contributed by atoms with Crippen molar-refractivity contribution in [2.45, 2.75) is 32.7 Å². The minimum absolute atomic E-state index is 0.176. The number of amides is 2. The number of ether oxygens (including phenoxy) is 2. The highest BCUT2D eigenvalue weighted by molar-refractivity contribution is 5.86. The largest absolute Gasteiger partial charge is 0.454 e. The van der Waals surface area contributed by atoms with E-state index in [2.05, 4.69) is 22.4 Å². The number of allylic oxidation sites excluding steroid dienone is 1. The zero-order chi connectivity index (χ0) is 22.9. The first-order chi connectivity index (χ1) is 16.0. The first-order valence-electron chi connectivity index (χ1n) is 10.8. The number of urea groups is 1. The summed E-state index contributed by atoms with van der Waals surface area (Å²) in [6.45, 7) is 4.68. The fourth-order valence-electron chi connectivity index (χ4n) is 4.03. The van der Waals surface area contributed by atoms with Gasteiger partial charge < -0.3 is 19.3 Å². The van der Waals surface area contributed by atoms with Gasteiger partial charge in [-0.3, -0.25) is 4.90 Å². The number of hydrogen-bond acceptors (Lipinski definition) is 6. The van der Waals surface area contributed by atoms with E-state index < -0.39 is 6.04 Å². The van der Waals surface area contributed by atoms with Crippen LogP contribution < -0.4 is 14.8 Å². The Labute approximate surface area is 190 Å². The zero-order valence-electron chi connectivity index (χ0n) is 18.3. The third kappa shape index (κ3) is 3.90. The van der Waals surface area contributed by atoms with Crippen molar-refractivity contribution < 1.29 is 23.2 Å². The lowest BCUT2D eigenvalue weighted by Gasteiger charge is -2.35. The van der Waals surface area contributed by atoms with Gasteiger partial charge in [-0.05, 0) is 49.2 Å². The Morgan fingerprint density at radius 3 is 2.73 bits per heavy atom. The minimum Gasteiger partial charge on any atom is -0.454 e. The third-order valence-corrected chi connectivity index (χ3v) is 5.82. The Bertz CT molecular complexity index is 1220. The molecule has 0 aliphatic carbocycles. The lowest BCUT2D eigenvalue weighted by Crippen LogP contribution is -2.46. The number of carbonyl (C=O) groups excluding carboxylic acids is 1. The number of hydrogen-bond donors (Lipinski definition) is 1. The van der Waals surface area contributed by atoms with Crippen LogP contribution in [0.1, 0.15) is 44.2 Å². The van der Waals surface area contributed by atoms with E-state index in [0.29, 0.717) is 35.0 Å². The number of benzene rings is 2. The van der Waals surface area contributed by atoms with Crippen molar-refractivity contribution >= 4 is 11.6 Å². The molecule has 170 valence electrons. The molecule has 1 atom stereocenters. The van der Waals surface area contributed by atoms with Crippen molar-refractivity contribution in [2.75, 3.05) is 13.3 Å². The molecule has 33 heavy (non-hydrogen) atoms. The molecular weight excluding hydrogens is 427 g/mol. The first-order valence-corrected chi connectivity index (χ1v) is 10.8. The molecule has 3 heterocycles. The van der Waals surface area contributed by atoms with Crippen molar-refractivity contribution in [2.24, 2.45) is 0 Å². The van der Waals surface area contributed by atoms with Gasteiger partial charge in [-0.1, -0.05) is 30.6 Å². The molecule has 9 heteroatoms. The molecule has 2 aromatic carbocycles. The topological polar surface area (TPSA) is 89.7 Å². The monoisotopic (exact) mass is 450 g/mol. The molecule has 1 N–H and O–H groups in total. The fourth-order valence-corrected chi connectivity index (χ4v) is 4.03. The van der Waals surface area contributed by atoms with Crippen LogP contribution in [0, 0.1) is 5.82 Å². The maximum absolute atomic E-state index is 13.5. The second-order valence-electron chi connectivity index (χ2n) is 7.93. The van der Waals surface area contributed by atoms with Crippen LogP contribution in [0.3, 0.4) is 0 Å². The van der Waals surface area contributed by atoms with Crippen molar-refractivity contribution in [3.8, 4) is 22.9 Å². The van der Waals surface area contributed by atoms with E-state index in [4.69, 9.17) is 14.0 Å². The molecule has 0 bridgehead atoms. The molecule has 0 saturated carbocycles. The lowest BCUT2D eigenvalue weighted by molar-refractivity contribution is 0.174. The van der Waals surface area contributed by atoms with Crippen molar-refractivity contribution in [1.29, 1.82) is 0 Å². The molecule has 2 aliphatic rings. The number of nitrogens with zero attached hydrogens (tertiary/aromatic N) is 3. The van der Waals surface area contributed by atoms with E-state index in [9.17, 15) is 9.18 Å². The molecule has 1 aromatic heterocycles. The highest BCUT2D eigenvalue weighted by Crippen LogP contribution is 2.39.